The molecule has 0 N–H and O–H groups in total. The number of aromatic nitrogens is 2. The van der Waals surface area contributed by atoms with Gasteiger partial charge in [0.15, 0.2) is 6.10 Å². The van der Waals surface area contributed by atoms with E-state index in [0.29, 0.717) is 49.4 Å². The second kappa shape index (κ2) is 8.61. The SMILES string of the molecule is O=C([C@@H]1CN(C(=O)c2cc(C3CC3)nn2-c2ccccc2)c2ccccc2O1)N1CCOCC1. The van der Waals surface area contributed by atoms with E-state index in [1.807, 2.05) is 54.6 Å². The summed E-state index contributed by atoms with van der Waals surface area (Å²) in [5.74, 6) is 0.621. The Balaban J connectivity index is 1.36. The van der Waals surface area contributed by atoms with Crippen LogP contribution in [0.1, 0.15) is 34.9 Å². The minimum atomic E-state index is -0.770. The predicted octanol–water partition coefficient (Wildman–Crippen LogP) is 3.02. The van der Waals surface area contributed by atoms with E-state index in [-0.39, 0.29) is 18.4 Å². The van der Waals surface area contributed by atoms with Crippen molar-refractivity contribution in [3.8, 4) is 11.4 Å². The second-order valence-electron chi connectivity index (χ2n) is 8.90. The monoisotopic (exact) mass is 458 g/mol. The van der Waals surface area contributed by atoms with Gasteiger partial charge in [-0.15, -0.1) is 0 Å². The Kier molecular flexibility index (Phi) is 5.30. The van der Waals surface area contributed by atoms with E-state index in [0.717, 1.165) is 24.2 Å². The molecule has 1 saturated heterocycles. The molecule has 1 atom stereocenters. The number of ether oxygens (including phenoxy) is 2. The quantitative estimate of drug-likeness (QED) is 0.601. The first kappa shape index (κ1) is 20.9. The maximum atomic E-state index is 14.0. The van der Waals surface area contributed by atoms with Crippen molar-refractivity contribution in [1.29, 1.82) is 0 Å². The molecule has 174 valence electrons. The van der Waals surface area contributed by atoms with E-state index < -0.39 is 6.10 Å². The minimum absolute atomic E-state index is 0.120. The van der Waals surface area contributed by atoms with E-state index in [2.05, 4.69) is 0 Å². The van der Waals surface area contributed by atoms with Gasteiger partial charge < -0.3 is 14.4 Å². The first-order valence-electron chi connectivity index (χ1n) is 11.8. The fourth-order valence-electron chi connectivity index (χ4n) is 4.58. The number of carbonyl (C=O) groups is 2. The maximum absolute atomic E-state index is 14.0. The summed E-state index contributed by atoms with van der Waals surface area (Å²) in [5.41, 5.74) is 2.92. The summed E-state index contributed by atoms with van der Waals surface area (Å²) in [6.45, 7) is 2.22. The highest BCUT2D eigenvalue weighted by Gasteiger charge is 2.38. The molecule has 3 heterocycles. The molecule has 3 aromatic rings. The van der Waals surface area contributed by atoms with E-state index in [4.69, 9.17) is 14.6 Å². The van der Waals surface area contributed by atoms with Crippen LogP contribution in [0.3, 0.4) is 0 Å². The standard InChI is InChI=1S/C26H26N4O4/c31-25(22-16-20(18-10-11-18)27-30(22)19-6-2-1-3-7-19)29-17-24(26(32)28-12-14-33-15-13-28)34-23-9-5-4-8-21(23)29/h1-9,16,18,24H,10-15,17H2/t24-/m0/s1. The molecule has 1 aromatic heterocycles. The van der Waals surface area contributed by atoms with Gasteiger partial charge in [-0.05, 0) is 43.2 Å². The molecule has 3 aliphatic rings. The van der Waals surface area contributed by atoms with Crippen molar-refractivity contribution in [3.63, 3.8) is 0 Å². The third-order valence-electron chi connectivity index (χ3n) is 6.56. The van der Waals surface area contributed by atoms with Crippen molar-refractivity contribution < 1.29 is 19.1 Å². The molecule has 0 bridgehead atoms. The Bertz CT molecular complexity index is 1210. The normalized spacial score (nSPS) is 19.9. The van der Waals surface area contributed by atoms with Crippen molar-refractivity contribution >= 4 is 17.5 Å². The highest BCUT2D eigenvalue weighted by molar-refractivity contribution is 6.07. The van der Waals surface area contributed by atoms with Crippen LogP contribution in [0.25, 0.3) is 5.69 Å². The van der Waals surface area contributed by atoms with Crippen LogP contribution in [0.2, 0.25) is 0 Å². The molecule has 2 aromatic carbocycles. The van der Waals surface area contributed by atoms with Crippen molar-refractivity contribution in [3.05, 3.63) is 72.1 Å². The Morgan fingerprint density at radius 3 is 2.44 bits per heavy atom. The lowest BCUT2D eigenvalue weighted by Gasteiger charge is -2.37. The molecule has 0 spiro atoms. The van der Waals surface area contributed by atoms with E-state index >= 15 is 0 Å². The van der Waals surface area contributed by atoms with Crippen LogP contribution < -0.4 is 9.64 Å². The average Bonchev–Trinajstić information content (AvgIpc) is 3.66. The van der Waals surface area contributed by atoms with Gasteiger partial charge in [-0.3, -0.25) is 14.5 Å². The number of hydrogen-bond donors (Lipinski definition) is 0. The maximum Gasteiger partial charge on any atom is 0.277 e. The molecule has 0 radical (unpaired) electrons. The Hall–Kier alpha value is -3.65. The lowest BCUT2D eigenvalue weighted by molar-refractivity contribution is -0.142. The summed E-state index contributed by atoms with van der Waals surface area (Å²) in [4.78, 5) is 30.7. The zero-order chi connectivity index (χ0) is 23.1. The smallest absolute Gasteiger partial charge is 0.277 e. The van der Waals surface area contributed by atoms with E-state index in [1.165, 1.54) is 0 Å². The number of amides is 2. The number of rotatable bonds is 4. The Morgan fingerprint density at radius 1 is 0.941 bits per heavy atom. The number of para-hydroxylation sites is 3. The molecule has 6 rings (SSSR count). The van der Waals surface area contributed by atoms with Gasteiger partial charge in [0.25, 0.3) is 11.8 Å². The number of morpholine rings is 1. The van der Waals surface area contributed by atoms with Crippen LogP contribution in [0.5, 0.6) is 5.75 Å². The van der Waals surface area contributed by atoms with Gasteiger partial charge in [0, 0.05) is 19.0 Å². The van der Waals surface area contributed by atoms with Crippen LogP contribution >= 0.6 is 0 Å². The molecule has 2 fully saturated rings. The molecule has 8 heteroatoms. The first-order valence-corrected chi connectivity index (χ1v) is 11.8. The number of nitrogens with zero attached hydrogens (tertiary/aromatic N) is 4. The highest BCUT2D eigenvalue weighted by Crippen LogP contribution is 2.40. The Morgan fingerprint density at radius 2 is 1.68 bits per heavy atom. The van der Waals surface area contributed by atoms with E-state index in [9.17, 15) is 9.59 Å². The third-order valence-corrected chi connectivity index (χ3v) is 6.56. The van der Waals surface area contributed by atoms with Gasteiger partial charge in [0.1, 0.15) is 11.4 Å². The van der Waals surface area contributed by atoms with Crippen LogP contribution in [0.15, 0.2) is 60.7 Å². The molecule has 2 aliphatic heterocycles. The fraction of sp³-hybridized carbons (Fsp3) is 0.346. The third kappa shape index (κ3) is 3.84. The van der Waals surface area contributed by atoms with E-state index in [1.54, 1.807) is 20.5 Å². The van der Waals surface area contributed by atoms with Crippen LogP contribution in [-0.2, 0) is 9.53 Å². The summed E-state index contributed by atoms with van der Waals surface area (Å²) in [6, 6.07) is 19.0. The number of hydrogen-bond acceptors (Lipinski definition) is 5. The minimum Gasteiger partial charge on any atom is -0.476 e. The topological polar surface area (TPSA) is 76.9 Å². The molecule has 34 heavy (non-hydrogen) atoms. The number of fused-ring (bicyclic) bond motifs is 1. The number of carbonyl (C=O) groups excluding carboxylic acids is 2. The van der Waals surface area contributed by atoms with Crippen molar-refractivity contribution in [2.75, 3.05) is 37.7 Å². The van der Waals surface area contributed by atoms with Crippen molar-refractivity contribution in [2.45, 2.75) is 24.9 Å². The largest absolute Gasteiger partial charge is 0.476 e. The van der Waals surface area contributed by atoms with Crippen LogP contribution in [0.4, 0.5) is 5.69 Å². The van der Waals surface area contributed by atoms with Gasteiger partial charge in [0.05, 0.1) is 36.8 Å². The van der Waals surface area contributed by atoms with Crippen LogP contribution in [0, 0.1) is 0 Å². The first-order chi connectivity index (χ1) is 16.7. The number of benzene rings is 2. The van der Waals surface area contributed by atoms with Gasteiger partial charge in [-0.25, -0.2) is 4.68 Å². The fourth-order valence-corrected chi connectivity index (χ4v) is 4.58. The lowest BCUT2D eigenvalue weighted by atomic mass is 10.1. The molecular formula is C26H26N4O4. The van der Waals surface area contributed by atoms with Gasteiger partial charge in [-0.2, -0.15) is 5.10 Å². The predicted molar refractivity (Wildman–Crippen MR) is 125 cm³/mol. The molecule has 2 amide bonds. The van der Waals surface area contributed by atoms with Gasteiger partial charge in [0.2, 0.25) is 0 Å². The summed E-state index contributed by atoms with van der Waals surface area (Å²) in [6.07, 6.45) is 1.42. The van der Waals surface area contributed by atoms with Gasteiger partial charge >= 0.3 is 0 Å². The lowest BCUT2D eigenvalue weighted by Crippen LogP contribution is -2.54. The Labute approximate surface area is 197 Å². The summed E-state index contributed by atoms with van der Waals surface area (Å²) < 4.78 is 13.2. The average molecular weight is 459 g/mol. The summed E-state index contributed by atoms with van der Waals surface area (Å²) >= 11 is 0. The molecule has 1 saturated carbocycles. The summed E-state index contributed by atoms with van der Waals surface area (Å²) in [5, 5.41) is 4.79. The molecular weight excluding hydrogens is 432 g/mol. The number of anilines is 1. The zero-order valence-corrected chi connectivity index (χ0v) is 18.8. The second-order valence-corrected chi connectivity index (χ2v) is 8.90. The zero-order valence-electron chi connectivity index (χ0n) is 18.8. The van der Waals surface area contributed by atoms with Crippen LogP contribution in [-0.4, -0.2) is 65.4 Å². The van der Waals surface area contributed by atoms with Crippen molar-refractivity contribution in [2.24, 2.45) is 0 Å². The summed E-state index contributed by atoms with van der Waals surface area (Å²) in [7, 11) is 0. The highest BCUT2D eigenvalue weighted by atomic mass is 16.5. The van der Waals surface area contributed by atoms with Crippen molar-refractivity contribution in [1.82, 2.24) is 14.7 Å². The molecule has 8 nitrogen and oxygen atoms in total. The molecule has 0 unspecified atom stereocenters. The van der Waals surface area contributed by atoms with Gasteiger partial charge in [-0.1, -0.05) is 30.3 Å². The molecule has 1 aliphatic carbocycles.